The van der Waals surface area contributed by atoms with Gasteiger partial charge in [-0.3, -0.25) is 0 Å². The molecule has 0 saturated carbocycles. The summed E-state index contributed by atoms with van der Waals surface area (Å²) in [5, 5.41) is 9.03. The van der Waals surface area contributed by atoms with Gasteiger partial charge in [-0.15, -0.1) is 12.4 Å². The summed E-state index contributed by atoms with van der Waals surface area (Å²) in [5.41, 5.74) is 4.69. The number of nitrogens with two attached hydrogens (primary N) is 1. The van der Waals surface area contributed by atoms with Crippen LogP contribution in [-0.4, -0.2) is 11.2 Å². The molecule has 0 unspecified atom stereocenters. The van der Waals surface area contributed by atoms with Crippen molar-refractivity contribution in [2.24, 2.45) is 5.73 Å². The second kappa shape index (κ2) is 5.34. The third-order valence-corrected chi connectivity index (χ3v) is 1.93. The number of benzene rings is 1. The molecule has 0 saturated heterocycles. The Kier molecular flexibility index (Phi) is 5.07. The highest BCUT2D eigenvalue weighted by Crippen LogP contribution is 2.23. The van der Waals surface area contributed by atoms with Crippen LogP contribution in [0.3, 0.4) is 0 Å². The molecule has 6 heteroatoms. The maximum absolute atomic E-state index is 13.1. The second-order valence-electron chi connectivity index (χ2n) is 3.02. The number of rotatable bonds is 2. The Bertz CT molecular complexity index is 346. The minimum absolute atomic E-state index is 0. The molecule has 0 aromatic heterocycles. The number of halogens is 4. The van der Waals surface area contributed by atoms with Crippen LogP contribution in [0.2, 0.25) is 0 Å². The van der Waals surface area contributed by atoms with E-state index in [0.29, 0.717) is 6.07 Å². The van der Waals surface area contributed by atoms with Crippen molar-refractivity contribution in [3.05, 3.63) is 35.1 Å². The van der Waals surface area contributed by atoms with E-state index in [9.17, 15) is 13.2 Å². The van der Waals surface area contributed by atoms with Gasteiger partial charge in [0.15, 0.2) is 11.6 Å². The molecule has 1 aromatic rings. The van der Waals surface area contributed by atoms with Gasteiger partial charge in [-0.25, -0.2) is 13.2 Å². The molecule has 1 aromatic carbocycles. The predicted molar refractivity (Wildman–Crippen MR) is 52.2 cm³/mol. The first-order valence-electron chi connectivity index (χ1n) is 4.02. The Labute approximate surface area is 91.3 Å². The van der Waals surface area contributed by atoms with E-state index >= 15 is 0 Å². The van der Waals surface area contributed by atoms with E-state index in [4.69, 9.17) is 10.8 Å². The zero-order valence-electron chi connectivity index (χ0n) is 7.88. The fourth-order valence-corrected chi connectivity index (χ4v) is 1.09. The maximum atomic E-state index is 13.1. The zero-order chi connectivity index (χ0) is 10.9. The van der Waals surface area contributed by atoms with Gasteiger partial charge in [0.05, 0.1) is 12.1 Å². The van der Waals surface area contributed by atoms with E-state index in [1.165, 1.54) is 6.92 Å². The fourth-order valence-electron chi connectivity index (χ4n) is 1.09. The molecule has 0 spiro atoms. The average Bonchev–Trinajstić information content (AvgIpc) is 2.12. The van der Waals surface area contributed by atoms with E-state index < -0.39 is 35.2 Å². The first-order chi connectivity index (χ1) is 6.45. The molecule has 86 valence electrons. The summed E-state index contributed by atoms with van der Waals surface area (Å²) in [6, 6.07) is 0.171. The Morgan fingerprint density at radius 2 is 1.67 bits per heavy atom. The lowest BCUT2D eigenvalue weighted by Crippen LogP contribution is -2.25. The van der Waals surface area contributed by atoms with Gasteiger partial charge in [-0.1, -0.05) is 0 Å². The van der Waals surface area contributed by atoms with Gasteiger partial charge in [-0.2, -0.15) is 0 Å². The van der Waals surface area contributed by atoms with Crippen molar-refractivity contribution < 1.29 is 18.3 Å². The van der Waals surface area contributed by atoms with E-state index in [0.717, 1.165) is 6.07 Å². The van der Waals surface area contributed by atoms with Crippen LogP contribution in [0.25, 0.3) is 0 Å². The quantitative estimate of drug-likeness (QED) is 0.777. The molecular formula is C9H11ClF3NO. The monoisotopic (exact) mass is 241 g/mol. The summed E-state index contributed by atoms with van der Waals surface area (Å²) in [6.07, 6.45) is -1.15. The normalized spacial score (nSPS) is 14.3. The second-order valence-corrected chi connectivity index (χ2v) is 3.02. The number of aliphatic hydroxyl groups excluding tert-OH is 1. The van der Waals surface area contributed by atoms with Crippen molar-refractivity contribution >= 4 is 12.4 Å². The smallest absolute Gasteiger partial charge is 0.166 e. The third-order valence-electron chi connectivity index (χ3n) is 1.93. The van der Waals surface area contributed by atoms with E-state index in [2.05, 4.69) is 0 Å². The van der Waals surface area contributed by atoms with Crippen molar-refractivity contribution in [3.63, 3.8) is 0 Å². The lowest BCUT2D eigenvalue weighted by atomic mass is 10.0. The highest BCUT2D eigenvalue weighted by molar-refractivity contribution is 5.85. The van der Waals surface area contributed by atoms with E-state index in [1.54, 1.807) is 0 Å². The standard InChI is InChI=1S/C9H10F3NO.ClH/c1-4(14)9(13)7-5(10)2-3-6(11)8(7)12;/h2-4,9,14H,13H2,1H3;1H/t4-,9-;/m0./s1. The number of aliphatic hydroxyl groups is 1. The van der Waals surface area contributed by atoms with Crippen LogP contribution in [0.1, 0.15) is 18.5 Å². The lowest BCUT2D eigenvalue weighted by molar-refractivity contribution is 0.160. The van der Waals surface area contributed by atoms with E-state index in [-0.39, 0.29) is 12.4 Å². The Morgan fingerprint density at radius 3 is 2.13 bits per heavy atom. The molecule has 2 nitrogen and oxygen atoms in total. The molecule has 0 fully saturated rings. The van der Waals surface area contributed by atoms with Crippen LogP contribution in [-0.2, 0) is 0 Å². The summed E-state index contributed by atoms with van der Waals surface area (Å²) in [7, 11) is 0. The van der Waals surface area contributed by atoms with Crippen LogP contribution in [0.4, 0.5) is 13.2 Å². The van der Waals surface area contributed by atoms with Gasteiger partial charge in [-0.05, 0) is 19.1 Å². The minimum atomic E-state index is -1.35. The summed E-state index contributed by atoms with van der Waals surface area (Å²) in [4.78, 5) is 0. The topological polar surface area (TPSA) is 46.2 Å². The van der Waals surface area contributed by atoms with Crippen molar-refractivity contribution in [2.75, 3.05) is 0 Å². The van der Waals surface area contributed by atoms with Crippen LogP contribution < -0.4 is 5.73 Å². The van der Waals surface area contributed by atoms with Crippen LogP contribution >= 0.6 is 12.4 Å². The average molecular weight is 242 g/mol. The van der Waals surface area contributed by atoms with Gasteiger partial charge in [0.1, 0.15) is 5.82 Å². The Hall–Kier alpha value is -0.780. The van der Waals surface area contributed by atoms with Crippen LogP contribution in [0.15, 0.2) is 12.1 Å². The SMILES string of the molecule is C[C@H](O)[C@H](N)c1c(F)ccc(F)c1F.Cl. The molecule has 0 aliphatic heterocycles. The van der Waals surface area contributed by atoms with Crippen molar-refractivity contribution in [1.82, 2.24) is 0 Å². The first-order valence-corrected chi connectivity index (χ1v) is 4.02. The highest BCUT2D eigenvalue weighted by Gasteiger charge is 2.22. The van der Waals surface area contributed by atoms with Crippen molar-refractivity contribution in [2.45, 2.75) is 19.1 Å². The van der Waals surface area contributed by atoms with Gasteiger partial charge < -0.3 is 10.8 Å². The molecule has 2 atom stereocenters. The highest BCUT2D eigenvalue weighted by atomic mass is 35.5. The maximum Gasteiger partial charge on any atom is 0.166 e. The number of hydrogen-bond donors (Lipinski definition) is 2. The van der Waals surface area contributed by atoms with Gasteiger partial charge in [0.25, 0.3) is 0 Å². The molecule has 0 heterocycles. The first kappa shape index (κ1) is 14.2. The number of hydrogen-bond acceptors (Lipinski definition) is 2. The molecule has 15 heavy (non-hydrogen) atoms. The Balaban J connectivity index is 0.00000196. The minimum Gasteiger partial charge on any atom is -0.391 e. The molecule has 0 aliphatic carbocycles. The van der Waals surface area contributed by atoms with Crippen LogP contribution in [0.5, 0.6) is 0 Å². The van der Waals surface area contributed by atoms with Gasteiger partial charge in [0.2, 0.25) is 0 Å². The molecular weight excluding hydrogens is 231 g/mol. The predicted octanol–water partition coefficient (Wildman–Crippen LogP) is 1.91. The van der Waals surface area contributed by atoms with E-state index in [1.807, 2.05) is 0 Å². The molecule has 0 amide bonds. The molecule has 0 radical (unpaired) electrons. The van der Waals surface area contributed by atoms with Crippen molar-refractivity contribution in [3.8, 4) is 0 Å². The van der Waals surface area contributed by atoms with Crippen LogP contribution in [0, 0.1) is 17.5 Å². The summed E-state index contributed by atoms with van der Waals surface area (Å²) in [5.74, 6) is -3.49. The van der Waals surface area contributed by atoms with Gasteiger partial charge in [0, 0.05) is 5.56 Å². The molecule has 0 aliphatic rings. The summed E-state index contributed by atoms with van der Waals surface area (Å²) < 4.78 is 38.8. The molecule has 3 N–H and O–H groups in total. The Morgan fingerprint density at radius 1 is 1.20 bits per heavy atom. The summed E-state index contributed by atoms with van der Waals surface area (Å²) >= 11 is 0. The third kappa shape index (κ3) is 2.84. The fraction of sp³-hybridized carbons (Fsp3) is 0.333. The van der Waals surface area contributed by atoms with Gasteiger partial charge >= 0.3 is 0 Å². The largest absolute Gasteiger partial charge is 0.391 e. The molecule has 1 rings (SSSR count). The van der Waals surface area contributed by atoms with Crippen molar-refractivity contribution in [1.29, 1.82) is 0 Å². The zero-order valence-corrected chi connectivity index (χ0v) is 8.69. The summed E-state index contributed by atoms with van der Waals surface area (Å²) in [6.45, 7) is 1.27. The molecule has 0 bridgehead atoms. The lowest BCUT2D eigenvalue weighted by Gasteiger charge is -2.16.